The number of hydrogen-bond donors (Lipinski definition) is 0. The molecule has 1 fully saturated rings. The first-order valence-corrected chi connectivity index (χ1v) is 7.24. The molecular weight excluding hydrogens is 257 g/mol. The van der Waals surface area contributed by atoms with Crippen LogP contribution in [0.5, 0.6) is 0 Å². The monoisotopic (exact) mass is 279 g/mol. The Morgan fingerprint density at radius 1 is 1.40 bits per heavy atom. The quantitative estimate of drug-likeness (QED) is 0.750. The highest BCUT2D eigenvalue weighted by atomic mass is 19.1. The maximum Gasteiger partial charge on any atom is 0.307 e. The van der Waals surface area contributed by atoms with Gasteiger partial charge in [0.1, 0.15) is 0 Å². The fourth-order valence-electron chi connectivity index (χ4n) is 2.87. The van der Waals surface area contributed by atoms with Crippen LogP contribution in [0.3, 0.4) is 0 Å². The highest BCUT2D eigenvalue weighted by Crippen LogP contribution is 2.29. The van der Waals surface area contributed by atoms with Crippen molar-refractivity contribution in [2.45, 2.75) is 32.4 Å². The van der Waals surface area contributed by atoms with Crippen molar-refractivity contribution in [3.63, 3.8) is 0 Å². The summed E-state index contributed by atoms with van der Waals surface area (Å²) < 4.78 is 18.1. The molecule has 0 spiro atoms. The first-order valence-electron chi connectivity index (χ1n) is 7.24. The van der Waals surface area contributed by atoms with Gasteiger partial charge in [0, 0.05) is 18.5 Å². The molecule has 3 nitrogen and oxygen atoms in total. The number of esters is 1. The van der Waals surface area contributed by atoms with Crippen LogP contribution in [-0.2, 0) is 16.1 Å². The lowest BCUT2D eigenvalue weighted by Gasteiger charge is -2.26. The van der Waals surface area contributed by atoms with E-state index in [9.17, 15) is 9.18 Å². The summed E-state index contributed by atoms with van der Waals surface area (Å²) in [6, 6.07) is 10.1. The summed E-state index contributed by atoms with van der Waals surface area (Å²) in [5, 5.41) is 0. The second-order valence-electron chi connectivity index (χ2n) is 5.24. The van der Waals surface area contributed by atoms with E-state index in [2.05, 4.69) is 17.0 Å². The van der Waals surface area contributed by atoms with E-state index in [0.717, 1.165) is 19.5 Å². The average Bonchev–Trinajstić information content (AvgIpc) is 2.82. The molecule has 1 aromatic rings. The Hall–Kier alpha value is -1.42. The van der Waals surface area contributed by atoms with E-state index in [1.807, 2.05) is 18.2 Å². The smallest absolute Gasteiger partial charge is 0.307 e. The van der Waals surface area contributed by atoms with E-state index in [0.29, 0.717) is 6.61 Å². The maximum absolute atomic E-state index is 13.1. The molecule has 110 valence electrons. The van der Waals surface area contributed by atoms with Crippen LogP contribution in [0.15, 0.2) is 30.3 Å². The molecule has 0 aromatic heterocycles. The molecule has 0 aliphatic carbocycles. The zero-order valence-electron chi connectivity index (χ0n) is 11.9. The number of rotatable bonds is 6. The fourth-order valence-corrected chi connectivity index (χ4v) is 2.87. The number of nitrogens with zero attached hydrogens (tertiary/aromatic N) is 1. The van der Waals surface area contributed by atoms with Crippen LogP contribution in [0.25, 0.3) is 0 Å². The van der Waals surface area contributed by atoms with Gasteiger partial charge in [0.05, 0.1) is 19.7 Å². The fraction of sp³-hybridized carbons (Fsp3) is 0.562. The largest absolute Gasteiger partial charge is 0.466 e. The van der Waals surface area contributed by atoms with Gasteiger partial charge in [-0.25, -0.2) is 0 Å². The van der Waals surface area contributed by atoms with Gasteiger partial charge in [-0.05, 0) is 25.5 Å². The molecular formula is C16H22FNO2. The number of alkyl halides is 1. The Morgan fingerprint density at radius 2 is 2.15 bits per heavy atom. The Bertz CT molecular complexity index is 424. The second-order valence-corrected chi connectivity index (χ2v) is 5.24. The van der Waals surface area contributed by atoms with Gasteiger partial charge in [-0.15, -0.1) is 0 Å². The molecule has 0 radical (unpaired) electrons. The third kappa shape index (κ3) is 3.79. The zero-order chi connectivity index (χ0) is 14.4. The predicted molar refractivity (Wildman–Crippen MR) is 76.0 cm³/mol. The van der Waals surface area contributed by atoms with Crippen molar-refractivity contribution in [3.8, 4) is 0 Å². The molecule has 2 rings (SSSR count). The number of carbonyl (C=O) groups is 1. The number of benzene rings is 1. The molecule has 4 heteroatoms. The second kappa shape index (κ2) is 7.39. The molecule has 1 aliphatic rings. The normalized spacial score (nSPS) is 22.9. The third-order valence-corrected chi connectivity index (χ3v) is 3.91. The Balaban J connectivity index is 2.01. The number of hydrogen-bond acceptors (Lipinski definition) is 3. The van der Waals surface area contributed by atoms with Gasteiger partial charge >= 0.3 is 5.97 Å². The minimum atomic E-state index is -0.366. The van der Waals surface area contributed by atoms with Crippen LogP contribution in [0.1, 0.15) is 25.3 Å². The Morgan fingerprint density at radius 3 is 2.80 bits per heavy atom. The molecule has 2 atom stereocenters. The molecule has 0 amide bonds. The standard InChI is InChI=1S/C16H22FNO2/c1-2-20-16(19)10-15-14(11-17)8-9-18(15)12-13-6-4-3-5-7-13/h3-7,14-15H,2,8-12H2,1H3. The summed E-state index contributed by atoms with van der Waals surface area (Å²) in [6.07, 6.45) is 1.10. The SMILES string of the molecule is CCOC(=O)CC1C(CF)CCN1Cc1ccccc1. The van der Waals surface area contributed by atoms with Crippen LogP contribution in [0.2, 0.25) is 0 Å². The maximum atomic E-state index is 13.1. The summed E-state index contributed by atoms with van der Waals surface area (Å²) >= 11 is 0. The summed E-state index contributed by atoms with van der Waals surface area (Å²) in [6.45, 7) is 3.41. The van der Waals surface area contributed by atoms with Crippen molar-refractivity contribution < 1.29 is 13.9 Å². The Labute approximate surface area is 119 Å². The minimum absolute atomic E-state index is 0.0424. The van der Waals surface area contributed by atoms with Gasteiger partial charge in [-0.3, -0.25) is 14.1 Å². The van der Waals surface area contributed by atoms with Gasteiger partial charge in [-0.2, -0.15) is 0 Å². The van der Waals surface area contributed by atoms with Crippen molar-refractivity contribution in [2.75, 3.05) is 19.8 Å². The summed E-state index contributed by atoms with van der Waals surface area (Å²) in [5.41, 5.74) is 1.20. The predicted octanol–water partition coefficient (Wildman–Crippen LogP) is 2.80. The van der Waals surface area contributed by atoms with Crippen molar-refractivity contribution in [3.05, 3.63) is 35.9 Å². The molecule has 0 saturated carbocycles. The van der Waals surface area contributed by atoms with Gasteiger partial charge in [0.2, 0.25) is 0 Å². The topological polar surface area (TPSA) is 29.5 Å². The van der Waals surface area contributed by atoms with Crippen molar-refractivity contribution >= 4 is 5.97 Å². The first kappa shape index (κ1) is 15.0. The minimum Gasteiger partial charge on any atom is -0.466 e. The average molecular weight is 279 g/mol. The van der Waals surface area contributed by atoms with Gasteiger partial charge < -0.3 is 4.74 Å². The number of ether oxygens (including phenoxy) is 1. The zero-order valence-corrected chi connectivity index (χ0v) is 11.9. The number of carbonyl (C=O) groups excluding carboxylic acids is 1. The van der Waals surface area contributed by atoms with E-state index in [-0.39, 0.29) is 31.0 Å². The van der Waals surface area contributed by atoms with E-state index in [4.69, 9.17) is 4.74 Å². The van der Waals surface area contributed by atoms with Crippen LogP contribution in [0, 0.1) is 5.92 Å². The molecule has 1 heterocycles. The molecule has 20 heavy (non-hydrogen) atoms. The van der Waals surface area contributed by atoms with Gasteiger partial charge in [0.15, 0.2) is 0 Å². The van der Waals surface area contributed by atoms with Crippen molar-refractivity contribution in [1.82, 2.24) is 4.90 Å². The lowest BCUT2D eigenvalue weighted by Crippen LogP contribution is -2.35. The molecule has 0 N–H and O–H groups in total. The first-order chi connectivity index (χ1) is 9.74. The van der Waals surface area contributed by atoms with Crippen molar-refractivity contribution in [1.29, 1.82) is 0 Å². The van der Waals surface area contributed by atoms with Gasteiger partial charge in [-0.1, -0.05) is 30.3 Å². The van der Waals surface area contributed by atoms with E-state index < -0.39 is 0 Å². The number of likely N-dealkylation sites (tertiary alicyclic amines) is 1. The number of halogens is 1. The van der Waals surface area contributed by atoms with E-state index in [1.165, 1.54) is 5.56 Å². The molecule has 1 aromatic carbocycles. The Kier molecular flexibility index (Phi) is 5.53. The van der Waals surface area contributed by atoms with Crippen LogP contribution >= 0.6 is 0 Å². The summed E-state index contributed by atoms with van der Waals surface area (Å²) in [5.74, 6) is -0.279. The lowest BCUT2D eigenvalue weighted by molar-refractivity contribution is -0.144. The molecule has 1 saturated heterocycles. The van der Waals surface area contributed by atoms with E-state index >= 15 is 0 Å². The van der Waals surface area contributed by atoms with Crippen LogP contribution < -0.4 is 0 Å². The van der Waals surface area contributed by atoms with Crippen LogP contribution in [0.4, 0.5) is 4.39 Å². The van der Waals surface area contributed by atoms with E-state index in [1.54, 1.807) is 6.92 Å². The summed E-state index contributed by atoms with van der Waals surface area (Å²) in [4.78, 5) is 13.9. The highest BCUT2D eigenvalue weighted by molar-refractivity contribution is 5.70. The van der Waals surface area contributed by atoms with Crippen molar-refractivity contribution in [2.24, 2.45) is 5.92 Å². The highest BCUT2D eigenvalue weighted by Gasteiger charge is 2.35. The van der Waals surface area contributed by atoms with Gasteiger partial charge in [0.25, 0.3) is 0 Å². The molecule has 1 aliphatic heterocycles. The lowest BCUT2D eigenvalue weighted by atomic mass is 9.99. The third-order valence-electron chi connectivity index (χ3n) is 3.91. The van der Waals surface area contributed by atoms with Crippen LogP contribution in [-0.4, -0.2) is 36.7 Å². The molecule has 0 bridgehead atoms. The molecule has 2 unspecified atom stereocenters. The summed E-state index contributed by atoms with van der Waals surface area (Å²) in [7, 11) is 0.